The predicted octanol–water partition coefficient (Wildman–Crippen LogP) is 6.84. The maximum Gasteiger partial charge on any atom is 0.342 e. The van der Waals surface area contributed by atoms with Crippen LogP contribution in [0, 0.1) is 11.8 Å². The summed E-state index contributed by atoms with van der Waals surface area (Å²) >= 11 is 13.1. The van der Waals surface area contributed by atoms with Gasteiger partial charge in [-0.2, -0.15) is 0 Å². The molecule has 0 unspecified atom stereocenters. The third kappa shape index (κ3) is 15.2. The number of ether oxygens (including phenoxy) is 10. The van der Waals surface area contributed by atoms with Crippen molar-refractivity contribution in [2.75, 3.05) is 27.9 Å². The molecule has 0 amide bonds. The topological polar surface area (TPSA) is 245 Å². The molecule has 0 saturated carbocycles. The van der Waals surface area contributed by atoms with Gasteiger partial charge in [-0.3, -0.25) is 4.79 Å². The number of cyclic esters (lactones) is 1. The number of aliphatic hydroxyl groups excluding tert-OH is 5. The zero-order chi connectivity index (χ0) is 55.5. The number of carbonyl (C=O) groups excluding carboxylic acids is 3. The Morgan fingerprint density at radius 3 is 2.12 bits per heavy atom. The predicted molar refractivity (Wildman–Crippen MR) is 275 cm³/mol. The van der Waals surface area contributed by atoms with Crippen LogP contribution in [0.4, 0.5) is 0 Å². The minimum atomic E-state index is -1.60. The second kappa shape index (κ2) is 27.9. The van der Waals surface area contributed by atoms with E-state index < -0.39 is 116 Å². The number of rotatable bonds is 15. The van der Waals surface area contributed by atoms with Crippen LogP contribution in [0.1, 0.15) is 111 Å². The molecule has 74 heavy (non-hydrogen) atoms. The first-order chi connectivity index (χ1) is 34.8. The summed E-state index contributed by atoms with van der Waals surface area (Å²) in [6, 6.07) is 0. The first kappa shape index (κ1) is 62.6. The molecular formula is C54H78Cl2O18. The maximum atomic E-state index is 14.0. The Morgan fingerprint density at radius 1 is 0.878 bits per heavy atom. The number of methoxy groups -OCH3 is 3. The van der Waals surface area contributed by atoms with Gasteiger partial charge in [-0.1, -0.05) is 86.9 Å². The zero-order valence-electron chi connectivity index (χ0n) is 45.0. The van der Waals surface area contributed by atoms with E-state index >= 15 is 0 Å². The molecule has 2 fully saturated rings. The van der Waals surface area contributed by atoms with E-state index in [1.54, 1.807) is 66.7 Å². The van der Waals surface area contributed by atoms with E-state index in [4.69, 9.17) is 70.6 Å². The molecule has 0 spiro atoms. The van der Waals surface area contributed by atoms with Crippen LogP contribution in [0.25, 0.3) is 0 Å². The molecule has 3 aliphatic rings. The molecule has 14 atom stereocenters. The summed E-state index contributed by atoms with van der Waals surface area (Å²) in [5.74, 6) is -3.07. The number of benzene rings is 1. The maximum absolute atomic E-state index is 14.0. The number of hydrogen-bond donors (Lipinski definition) is 5. The third-order valence-electron chi connectivity index (χ3n) is 13.4. The Kier molecular flexibility index (Phi) is 23.7. The molecule has 3 aliphatic heterocycles. The van der Waals surface area contributed by atoms with Crippen molar-refractivity contribution < 1.29 is 87.3 Å². The van der Waals surface area contributed by atoms with E-state index in [1.807, 2.05) is 32.9 Å². The molecule has 0 aliphatic carbocycles. The highest BCUT2D eigenvalue weighted by atomic mass is 35.5. The molecule has 5 N–H and O–H groups in total. The molecule has 1 aromatic carbocycles. The first-order valence-corrected chi connectivity index (χ1v) is 25.7. The Hall–Kier alpha value is -3.89. The van der Waals surface area contributed by atoms with Crippen molar-refractivity contribution in [1.29, 1.82) is 0 Å². The van der Waals surface area contributed by atoms with E-state index in [1.165, 1.54) is 34.3 Å². The van der Waals surface area contributed by atoms with Gasteiger partial charge in [-0.15, -0.1) is 0 Å². The number of carbonyl (C=O) groups is 3. The van der Waals surface area contributed by atoms with E-state index in [9.17, 15) is 39.9 Å². The largest absolute Gasteiger partial charge is 0.494 e. The monoisotopic (exact) mass is 1080 g/mol. The van der Waals surface area contributed by atoms with Gasteiger partial charge in [0.1, 0.15) is 46.7 Å². The Bertz CT molecular complexity index is 2220. The normalized spacial score (nSPS) is 34.1. The summed E-state index contributed by atoms with van der Waals surface area (Å²) in [5.41, 5.74) is 1.02. The zero-order valence-corrected chi connectivity index (χ0v) is 46.5. The molecule has 416 valence electrons. The summed E-state index contributed by atoms with van der Waals surface area (Å²) in [6.45, 7) is 18.4. The summed E-state index contributed by atoms with van der Waals surface area (Å²) in [4.78, 5) is 40.4. The van der Waals surface area contributed by atoms with Gasteiger partial charge in [0.2, 0.25) is 0 Å². The van der Waals surface area contributed by atoms with Gasteiger partial charge in [-0.05, 0) is 90.5 Å². The van der Waals surface area contributed by atoms with Crippen LogP contribution >= 0.6 is 23.2 Å². The van der Waals surface area contributed by atoms with Crippen molar-refractivity contribution in [3.8, 4) is 11.5 Å². The van der Waals surface area contributed by atoms with Crippen molar-refractivity contribution in [2.24, 2.45) is 11.8 Å². The highest BCUT2D eigenvalue weighted by molar-refractivity contribution is 6.39. The van der Waals surface area contributed by atoms with Crippen molar-refractivity contribution in [3.05, 3.63) is 79.9 Å². The summed E-state index contributed by atoms with van der Waals surface area (Å²) in [5, 5.41) is 56.6. The van der Waals surface area contributed by atoms with E-state index in [0.717, 1.165) is 0 Å². The lowest BCUT2D eigenvalue weighted by atomic mass is 9.88. The highest BCUT2D eigenvalue weighted by Gasteiger charge is 2.53. The SMILES string of the molecule is CCc1c(Cl)c(OC)c(Cl)c(OC)c1C(=O)O[C@H]1[C@H](O)[C@H](OC)[C@H](OC/C2=C\C=C\C[C@H](O)/C(C)=C/[C@H](CC)[C@@H](O[C@@H]3OC(C)(C)[C@@H](OC(=O)C(C)C)[C@H](O)[C@@H]3O)/C(C)=C/C(C)=C/C[C@@H]([C@@H](C)O)OC2=O)O[C@@H]1C. The lowest BCUT2D eigenvalue weighted by Gasteiger charge is -2.47. The van der Waals surface area contributed by atoms with Crippen LogP contribution in [0.3, 0.4) is 0 Å². The van der Waals surface area contributed by atoms with Gasteiger partial charge in [-0.25, -0.2) is 9.59 Å². The van der Waals surface area contributed by atoms with Crippen LogP contribution in [0.2, 0.25) is 10.0 Å². The second-order valence-electron chi connectivity index (χ2n) is 19.7. The number of allylic oxidation sites excluding steroid dienone is 4. The smallest absolute Gasteiger partial charge is 0.342 e. The quantitative estimate of drug-likeness (QED) is 0.0686. The molecule has 0 aromatic heterocycles. The molecule has 3 heterocycles. The van der Waals surface area contributed by atoms with Crippen molar-refractivity contribution in [3.63, 3.8) is 0 Å². The number of aliphatic hydroxyl groups is 5. The fraction of sp³-hybridized carbons (Fsp3) is 0.648. The fourth-order valence-corrected chi connectivity index (χ4v) is 9.74. The Labute approximate surface area is 445 Å². The minimum absolute atomic E-state index is 0.0105. The molecular weight excluding hydrogens is 1010 g/mol. The van der Waals surface area contributed by atoms with Gasteiger partial charge in [0, 0.05) is 19.4 Å². The van der Waals surface area contributed by atoms with Crippen LogP contribution < -0.4 is 9.47 Å². The molecule has 0 bridgehead atoms. The molecule has 18 nitrogen and oxygen atoms in total. The van der Waals surface area contributed by atoms with Gasteiger partial charge >= 0.3 is 17.9 Å². The standard InChI is InChI=1S/C54H78Cl2O18/c1-15-32-24-28(6)35(58)20-18-17-19-33(25-68-53-47(67-14)42(61)44(31(9)69-53)71-51(64)37-34(16-2)38(55)46(66-13)39(56)45(37)65-12)50(63)70-36(30(8)57)22-21-27(5)23-29(7)43(32)72-52-41(60)40(59)48(54(10,11)74-52)73-49(62)26(3)4/h17-19,21,23-24,26,30-32,35-36,40-44,47-48,52-53,57-61H,15-16,20,22,25H2,1-14H3/b18-17+,27-21+,28-24+,29-23+,33-19+/t30-,31-,32+,35+,36+,40-,41+,42+,43+,44-,47+,48+,52-,53-/m1/s1. The Morgan fingerprint density at radius 2 is 1.54 bits per heavy atom. The number of esters is 3. The van der Waals surface area contributed by atoms with Crippen molar-refractivity contribution >= 4 is 41.1 Å². The second-order valence-corrected chi connectivity index (χ2v) is 20.5. The average molecular weight is 1090 g/mol. The van der Waals surface area contributed by atoms with Crippen LogP contribution in [-0.4, -0.2) is 157 Å². The van der Waals surface area contributed by atoms with Crippen molar-refractivity contribution in [1.82, 2.24) is 0 Å². The summed E-state index contributed by atoms with van der Waals surface area (Å²) < 4.78 is 58.9. The number of hydrogen-bond acceptors (Lipinski definition) is 18. The molecule has 20 heteroatoms. The first-order valence-electron chi connectivity index (χ1n) is 24.9. The lowest BCUT2D eigenvalue weighted by molar-refractivity contribution is -0.333. The van der Waals surface area contributed by atoms with E-state index in [0.29, 0.717) is 28.7 Å². The third-order valence-corrected chi connectivity index (χ3v) is 14.1. The fourth-order valence-electron chi connectivity index (χ4n) is 8.95. The minimum Gasteiger partial charge on any atom is -0.494 e. The van der Waals surface area contributed by atoms with Gasteiger partial charge in [0.15, 0.2) is 36.3 Å². The van der Waals surface area contributed by atoms with Gasteiger partial charge in [0.25, 0.3) is 0 Å². The van der Waals surface area contributed by atoms with Gasteiger partial charge < -0.3 is 72.9 Å². The summed E-state index contributed by atoms with van der Waals surface area (Å²) in [7, 11) is 4.01. The number of halogens is 2. The van der Waals surface area contributed by atoms with Gasteiger partial charge in [0.05, 0.1) is 61.8 Å². The Balaban J connectivity index is 1.61. The van der Waals surface area contributed by atoms with Crippen LogP contribution in [-0.2, 0) is 53.9 Å². The molecule has 4 rings (SSSR count). The lowest BCUT2D eigenvalue weighted by Crippen LogP contribution is -2.64. The molecule has 2 saturated heterocycles. The molecule has 1 aromatic rings. The highest BCUT2D eigenvalue weighted by Crippen LogP contribution is 2.46. The molecule has 0 radical (unpaired) electrons. The summed E-state index contributed by atoms with van der Waals surface area (Å²) in [6.07, 6.45) is -4.75. The van der Waals surface area contributed by atoms with Crippen molar-refractivity contribution in [2.45, 2.75) is 187 Å². The van der Waals surface area contributed by atoms with Crippen LogP contribution in [0.5, 0.6) is 11.5 Å². The average Bonchev–Trinajstić information content (AvgIpc) is 3.34. The van der Waals surface area contributed by atoms with E-state index in [-0.39, 0.29) is 57.9 Å². The van der Waals surface area contributed by atoms with Crippen LogP contribution in [0.15, 0.2) is 58.7 Å². The van der Waals surface area contributed by atoms with E-state index in [2.05, 4.69) is 0 Å².